The van der Waals surface area contributed by atoms with Gasteiger partial charge in [0, 0.05) is 21.5 Å². The van der Waals surface area contributed by atoms with Crippen LogP contribution in [0.5, 0.6) is 0 Å². The van der Waals surface area contributed by atoms with Crippen LogP contribution in [0.4, 0.5) is 5.95 Å². The number of fused-ring (bicyclic) bond motifs is 2. The minimum absolute atomic E-state index is 0.610. The zero-order valence-electron chi connectivity index (χ0n) is 15.7. The molecule has 0 aliphatic rings. The molecule has 6 heteroatoms. The Hall–Kier alpha value is -3.57. The average Bonchev–Trinajstić information content (AvgIpc) is 3.33. The number of hydrogen-bond donors (Lipinski definition) is 3. The van der Waals surface area contributed by atoms with Gasteiger partial charge in [-0.05, 0) is 42.8 Å². The molecule has 0 saturated heterocycles. The van der Waals surface area contributed by atoms with Crippen molar-refractivity contribution >= 4 is 45.2 Å². The van der Waals surface area contributed by atoms with Crippen molar-refractivity contribution < 1.29 is 0 Å². The molecule has 5 aromatic rings. The molecular weight excluding hydrogens is 382 g/mol. The van der Waals surface area contributed by atoms with E-state index in [1.165, 1.54) is 0 Å². The number of H-pyrrole nitrogens is 2. The van der Waals surface area contributed by atoms with Crippen LogP contribution >= 0.6 is 11.6 Å². The summed E-state index contributed by atoms with van der Waals surface area (Å²) < 4.78 is 0. The van der Waals surface area contributed by atoms with Gasteiger partial charge in [-0.25, -0.2) is 10.4 Å². The number of hydrazone groups is 1. The Morgan fingerprint density at radius 3 is 2.41 bits per heavy atom. The molecule has 0 aliphatic carbocycles. The molecule has 0 fully saturated rings. The molecular formula is C23H18ClN5. The van der Waals surface area contributed by atoms with Gasteiger partial charge in [0.15, 0.2) is 0 Å². The van der Waals surface area contributed by atoms with Crippen molar-refractivity contribution in [2.45, 2.75) is 6.92 Å². The number of anilines is 1. The summed E-state index contributed by atoms with van der Waals surface area (Å²) in [5, 5.41) is 6.44. The monoisotopic (exact) mass is 399 g/mol. The smallest absolute Gasteiger partial charge is 0.222 e. The van der Waals surface area contributed by atoms with Crippen molar-refractivity contribution in [1.29, 1.82) is 0 Å². The van der Waals surface area contributed by atoms with Gasteiger partial charge in [0.25, 0.3) is 0 Å². The zero-order valence-corrected chi connectivity index (χ0v) is 16.5. The standard InChI is InChI=1S/C23H18ClN5/c1-14(28-29-23-26-19-8-4-5-9-20(19)27-23)21-17-6-2-3-7-18(17)25-22(21)15-10-12-16(24)13-11-15/h2-13,25H,1H3,(H2,26,27,29)/b28-14+. The van der Waals surface area contributed by atoms with Crippen molar-refractivity contribution in [2.75, 3.05) is 5.43 Å². The van der Waals surface area contributed by atoms with Crippen LogP contribution < -0.4 is 5.43 Å². The highest BCUT2D eigenvalue weighted by Gasteiger charge is 2.15. The van der Waals surface area contributed by atoms with Gasteiger partial charge < -0.3 is 9.97 Å². The number of aromatic amines is 2. The van der Waals surface area contributed by atoms with E-state index in [4.69, 9.17) is 11.6 Å². The number of nitrogens with zero attached hydrogens (tertiary/aromatic N) is 2. The number of hydrogen-bond acceptors (Lipinski definition) is 3. The molecule has 29 heavy (non-hydrogen) atoms. The minimum Gasteiger partial charge on any atom is -0.354 e. The fraction of sp³-hybridized carbons (Fsp3) is 0.0435. The van der Waals surface area contributed by atoms with Gasteiger partial charge in [-0.2, -0.15) is 5.10 Å². The summed E-state index contributed by atoms with van der Waals surface area (Å²) in [4.78, 5) is 11.3. The highest BCUT2D eigenvalue weighted by molar-refractivity contribution is 6.30. The van der Waals surface area contributed by atoms with Crippen LogP contribution in [0.15, 0.2) is 77.9 Å². The van der Waals surface area contributed by atoms with Crippen LogP contribution in [-0.2, 0) is 0 Å². The minimum atomic E-state index is 0.610. The molecule has 0 atom stereocenters. The summed E-state index contributed by atoms with van der Waals surface area (Å²) in [7, 11) is 0. The van der Waals surface area contributed by atoms with Crippen LogP contribution in [0.2, 0.25) is 5.02 Å². The highest BCUT2D eigenvalue weighted by atomic mass is 35.5. The third kappa shape index (κ3) is 3.26. The second-order valence-corrected chi connectivity index (χ2v) is 7.28. The van der Waals surface area contributed by atoms with Crippen molar-refractivity contribution in [3.8, 4) is 11.3 Å². The first-order valence-corrected chi connectivity index (χ1v) is 9.69. The molecule has 0 bridgehead atoms. The molecule has 2 heterocycles. The first-order chi connectivity index (χ1) is 14.2. The summed E-state index contributed by atoms with van der Waals surface area (Å²) in [6.45, 7) is 1.99. The van der Waals surface area contributed by atoms with Gasteiger partial charge in [-0.1, -0.05) is 54.1 Å². The number of aromatic nitrogens is 3. The molecule has 0 unspecified atom stereocenters. The summed E-state index contributed by atoms with van der Waals surface area (Å²) in [5.41, 5.74) is 9.96. The normalized spacial score (nSPS) is 12.0. The predicted molar refractivity (Wildman–Crippen MR) is 121 cm³/mol. The number of imidazole rings is 1. The SMILES string of the molecule is C/C(=N\Nc1nc2ccccc2[nH]1)c1c(-c2ccc(Cl)cc2)[nH]c2ccccc12. The number of benzene rings is 3. The average molecular weight is 400 g/mol. The quantitative estimate of drug-likeness (QED) is 0.248. The number of rotatable bonds is 4. The molecule has 3 aromatic carbocycles. The van der Waals surface area contributed by atoms with Gasteiger partial charge in [-0.15, -0.1) is 0 Å². The molecule has 2 aromatic heterocycles. The molecule has 142 valence electrons. The van der Waals surface area contributed by atoms with Crippen LogP contribution in [0.1, 0.15) is 12.5 Å². The second-order valence-electron chi connectivity index (χ2n) is 6.84. The van der Waals surface area contributed by atoms with Gasteiger partial charge >= 0.3 is 0 Å². The van der Waals surface area contributed by atoms with Crippen molar-refractivity contribution in [1.82, 2.24) is 15.0 Å². The van der Waals surface area contributed by atoms with E-state index in [9.17, 15) is 0 Å². The fourth-order valence-corrected chi connectivity index (χ4v) is 3.68. The van der Waals surface area contributed by atoms with E-state index >= 15 is 0 Å². The van der Waals surface area contributed by atoms with Gasteiger partial charge in [0.2, 0.25) is 5.95 Å². The Kier molecular flexibility index (Phi) is 4.30. The summed E-state index contributed by atoms with van der Waals surface area (Å²) in [5.74, 6) is 0.610. The predicted octanol–water partition coefficient (Wildman–Crippen LogP) is 6.20. The van der Waals surface area contributed by atoms with Crippen LogP contribution in [0, 0.1) is 0 Å². The van der Waals surface area contributed by atoms with Crippen molar-refractivity contribution in [3.63, 3.8) is 0 Å². The van der Waals surface area contributed by atoms with Gasteiger partial charge in [-0.3, -0.25) is 0 Å². The van der Waals surface area contributed by atoms with E-state index in [0.29, 0.717) is 11.0 Å². The Morgan fingerprint density at radius 2 is 1.62 bits per heavy atom. The Morgan fingerprint density at radius 1 is 0.897 bits per heavy atom. The van der Waals surface area contributed by atoms with E-state index in [2.05, 4.69) is 37.6 Å². The number of para-hydroxylation sites is 3. The maximum atomic E-state index is 6.08. The van der Waals surface area contributed by atoms with E-state index in [-0.39, 0.29) is 0 Å². The first-order valence-electron chi connectivity index (χ1n) is 9.31. The van der Waals surface area contributed by atoms with E-state index in [1.807, 2.05) is 67.6 Å². The number of halogens is 1. The Balaban J connectivity index is 1.58. The summed E-state index contributed by atoms with van der Waals surface area (Å²) in [6, 6.07) is 23.9. The third-order valence-electron chi connectivity index (χ3n) is 4.92. The summed E-state index contributed by atoms with van der Waals surface area (Å²) in [6.07, 6.45) is 0. The van der Waals surface area contributed by atoms with Gasteiger partial charge in [0.1, 0.15) is 0 Å². The second kappa shape index (κ2) is 7.11. The Labute approximate surface area is 172 Å². The summed E-state index contributed by atoms with van der Waals surface area (Å²) >= 11 is 6.08. The lowest BCUT2D eigenvalue weighted by atomic mass is 10.0. The van der Waals surface area contributed by atoms with Gasteiger partial charge in [0.05, 0.1) is 22.4 Å². The van der Waals surface area contributed by atoms with E-state index < -0.39 is 0 Å². The lowest BCUT2D eigenvalue weighted by molar-refractivity contribution is 1.20. The topological polar surface area (TPSA) is 68.9 Å². The van der Waals surface area contributed by atoms with Crippen LogP contribution in [0.3, 0.4) is 0 Å². The lowest BCUT2D eigenvalue weighted by Gasteiger charge is -2.06. The molecule has 0 saturated carbocycles. The van der Waals surface area contributed by atoms with Crippen LogP contribution in [0.25, 0.3) is 33.2 Å². The molecule has 0 radical (unpaired) electrons. The fourth-order valence-electron chi connectivity index (χ4n) is 3.55. The molecule has 5 rings (SSSR count). The third-order valence-corrected chi connectivity index (χ3v) is 5.17. The maximum Gasteiger partial charge on any atom is 0.222 e. The molecule has 0 spiro atoms. The molecule has 5 nitrogen and oxygen atoms in total. The lowest BCUT2D eigenvalue weighted by Crippen LogP contribution is -2.02. The van der Waals surface area contributed by atoms with E-state index in [1.54, 1.807) is 0 Å². The maximum absolute atomic E-state index is 6.08. The molecule has 3 N–H and O–H groups in total. The molecule has 0 amide bonds. The van der Waals surface area contributed by atoms with Crippen LogP contribution in [-0.4, -0.2) is 20.7 Å². The Bertz CT molecular complexity index is 1310. The molecule has 0 aliphatic heterocycles. The number of nitrogens with one attached hydrogen (secondary N) is 3. The van der Waals surface area contributed by atoms with E-state index in [0.717, 1.165) is 44.5 Å². The first kappa shape index (κ1) is 17.5. The van der Waals surface area contributed by atoms with Crippen molar-refractivity contribution in [3.05, 3.63) is 83.4 Å². The van der Waals surface area contributed by atoms with Crippen molar-refractivity contribution in [2.24, 2.45) is 5.10 Å². The largest absolute Gasteiger partial charge is 0.354 e. The zero-order chi connectivity index (χ0) is 19.8. The highest BCUT2D eigenvalue weighted by Crippen LogP contribution is 2.31.